The highest BCUT2D eigenvalue weighted by atomic mass is 35.5. The lowest BCUT2D eigenvalue weighted by Gasteiger charge is -2.31. The van der Waals surface area contributed by atoms with E-state index in [9.17, 15) is 14.4 Å². The molecule has 39 heavy (non-hydrogen) atoms. The molecule has 0 aromatic heterocycles. The molecule has 0 saturated carbocycles. The second-order valence-corrected chi connectivity index (χ2v) is 9.68. The van der Waals surface area contributed by atoms with Crippen molar-refractivity contribution in [3.63, 3.8) is 0 Å². The molecule has 2 N–H and O–H groups in total. The molecule has 0 atom stereocenters. The Labute approximate surface area is 243 Å². The Morgan fingerprint density at radius 2 is 1.72 bits per heavy atom. The van der Waals surface area contributed by atoms with Gasteiger partial charge >= 0.3 is 0 Å². The van der Waals surface area contributed by atoms with Gasteiger partial charge in [-0.3, -0.25) is 19.4 Å². The summed E-state index contributed by atoms with van der Waals surface area (Å²) in [6, 6.07) is 14.0. The van der Waals surface area contributed by atoms with Crippen LogP contribution in [-0.4, -0.2) is 79.0 Å². The van der Waals surface area contributed by atoms with Gasteiger partial charge in [-0.1, -0.05) is 31.2 Å². The van der Waals surface area contributed by atoms with Gasteiger partial charge in [-0.2, -0.15) is 0 Å². The molecule has 214 valence electrons. The van der Waals surface area contributed by atoms with Crippen molar-refractivity contribution in [1.82, 2.24) is 20.2 Å². The van der Waals surface area contributed by atoms with E-state index < -0.39 is 0 Å². The standard InChI is InChI=1S/C28H38N6O3.2ClH/c1-4-29-13-15-32(20-28(37)31(3)33-18-22-8-5-6-9-23(22)19-33)27(36)17-30-25-12-11-24(16-21(25)2)34-14-7-10-26(34)35;;/h5-6,8-9,11-12,16,29-30H,4,7,10,13-15,17-20H2,1-3H3;2*1H. The van der Waals surface area contributed by atoms with Crippen LogP contribution in [0.4, 0.5) is 11.4 Å². The zero-order valence-corrected chi connectivity index (χ0v) is 24.6. The summed E-state index contributed by atoms with van der Waals surface area (Å²) in [6.45, 7) is 8.06. The van der Waals surface area contributed by atoms with Gasteiger partial charge in [-0.05, 0) is 54.8 Å². The Bertz CT molecular complexity index is 1120. The van der Waals surface area contributed by atoms with E-state index in [1.54, 1.807) is 17.0 Å². The maximum atomic E-state index is 13.2. The predicted molar refractivity (Wildman–Crippen MR) is 159 cm³/mol. The van der Waals surface area contributed by atoms with Crippen molar-refractivity contribution in [1.29, 1.82) is 0 Å². The zero-order valence-electron chi connectivity index (χ0n) is 22.9. The number of fused-ring (bicyclic) bond motifs is 1. The van der Waals surface area contributed by atoms with Gasteiger partial charge in [0.25, 0.3) is 5.91 Å². The number of carbonyl (C=O) groups is 3. The summed E-state index contributed by atoms with van der Waals surface area (Å²) in [5.74, 6) is -0.102. The Kier molecular flexibility index (Phi) is 12.5. The summed E-state index contributed by atoms with van der Waals surface area (Å²) >= 11 is 0. The number of likely N-dealkylation sites (N-methyl/N-ethyl adjacent to an activating group) is 2. The molecule has 0 aliphatic carbocycles. The lowest BCUT2D eigenvalue weighted by Crippen LogP contribution is -2.49. The van der Waals surface area contributed by atoms with E-state index in [4.69, 9.17) is 0 Å². The van der Waals surface area contributed by atoms with Crippen LogP contribution in [0, 0.1) is 6.92 Å². The van der Waals surface area contributed by atoms with Gasteiger partial charge in [0.15, 0.2) is 0 Å². The van der Waals surface area contributed by atoms with Gasteiger partial charge in [0.05, 0.1) is 6.54 Å². The van der Waals surface area contributed by atoms with Crippen LogP contribution >= 0.6 is 24.8 Å². The summed E-state index contributed by atoms with van der Waals surface area (Å²) in [5.41, 5.74) is 5.15. The van der Waals surface area contributed by atoms with Crippen molar-refractivity contribution in [2.45, 2.75) is 39.8 Å². The number of hydrogen-bond donors (Lipinski definition) is 2. The van der Waals surface area contributed by atoms with Crippen LogP contribution in [0.5, 0.6) is 0 Å². The van der Waals surface area contributed by atoms with Crippen LogP contribution < -0.4 is 15.5 Å². The Morgan fingerprint density at radius 1 is 1.03 bits per heavy atom. The first-order valence-electron chi connectivity index (χ1n) is 13.1. The van der Waals surface area contributed by atoms with Crippen molar-refractivity contribution < 1.29 is 14.4 Å². The highest BCUT2D eigenvalue weighted by Gasteiger charge is 2.27. The number of nitrogens with one attached hydrogen (secondary N) is 2. The van der Waals surface area contributed by atoms with Crippen LogP contribution in [-0.2, 0) is 27.5 Å². The highest BCUT2D eigenvalue weighted by Crippen LogP contribution is 2.26. The maximum Gasteiger partial charge on any atom is 0.256 e. The summed E-state index contributed by atoms with van der Waals surface area (Å²) in [7, 11) is 1.77. The van der Waals surface area contributed by atoms with E-state index in [1.165, 1.54) is 11.1 Å². The minimum absolute atomic E-state index is 0. The minimum atomic E-state index is -0.137. The smallest absolute Gasteiger partial charge is 0.256 e. The number of hydrogen-bond acceptors (Lipinski definition) is 6. The molecular formula is C28H40Cl2N6O3. The fourth-order valence-electron chi connectivity index (χ4n) is 4.85. The molecule has 2 aliphatic rings. The summed E-state index contributed by atoms with van der Waals surface area (Å²) < 4.78 is 0. The van der Waals surface area contributed by atoms with Crippen LogP contribution in [0.1, 0.15) is 36.5 Å². The van der Waals surface area contributed by atoms with Crippen LogP contribution in [0.2, 0.25) is 0 Å². The monoisotopic (exact) mass is 578 g/mol. The molecular weight excluding hydrogens is 539 g/mol. The van der Waals surface area contributed by atoms with Crippen LogP contribution in [0.15, 0.2) is 42.5 Å². The quantitative estimate of drug-likeness (QED) is 0.398. The first-order chi connectivity index (χ1) is 17.9. The van der Waals surface area contributed by atoms with Crippen molar-refractivity contribution in [2.75, 3.05) is 56.5 Å². The van der Waals surface area contributed by atoms with E-state index in [0.29, 0.717) is 32.6 Å². The fraction of sp³-hybridized carbons (Fsp3) is 0.464. The van der Waals surface area contributed by atoms with Crippen LogP contribution in [0.3, 0.4) is 0 Å². The molecule has 9 nitrogen and oxygen atoms in total. The zero-order chi connectivity index (χ0) is 26.4. The third kappa shape index (κ3) is 8.08. The average molecular weight is 580 g/mol. The summed E-state index contributed by atoms with van der Waals surface area (Å²) in [4.78, 5) is 41.9. The van der Waals surface area contributed by atoms with E-state index in [-0.39, 0.29) is 55.6 Å². The first kappa shape index (κ1) is 32.4. The maximum absolute atomic E-state index is 13.2. The Balaban J connectivity index is 0.00000267. The van der Waals surface area contributed by atoms with Crippen molar-refractivity contribution in [3.05, 3.63) is 59.2 Å². The average Bonchev–Trinajstić information content (AvgIpc) is 3.52. The number of aryl methyl sites for hydroxylation is 1. The molecule has 3 amide bonds. The first-order valence-corrected chi connectivity index (χ1v) is 13.1. The van der Waals surface area contributed by atoms with E-state index >= 15 is 0 Å². The number of hydrazine groups is 1. The van der Waals surface area contributed by atoms with E-state index in [2.05, 4.69) is 22.8 Å². The van der Waals surface area contributed by atoms with Gasteiger partial charge in [0, 0.05) is 57.6 Å². The number of halogens is 2. The molecule has 0 bridgehead atoms. The van der Waals surface area contributed by atoms with Gasteiger partial charge < -0.3 is 20.4 Å². The lowest BCUT2D eigenvalue weighted by molar-refractivity contribution is -0.151. The van der Waals surface area contributed by atoms with Gasteiger partial charge in [-0.25, -0.2) is 5.01 Å². The van der Waals surface area contributed by atoms with Crippen molar-refractivity contribution in [2.24, 2.45) is 0 Å². The number of anilines is 2. The second-order valence-electron chi connectivity index (χ2n) is 9.68. The Hall–Kier alpha value is -2.85. The number of benzene rings is 2. The highest BCUT2D eigenvalue weighted by molar-refractivity contribution is 5.95. The normalized spacial score (nSPS) is 14.3. The Morgan fingerprint density at radius 3 is 2.31 bits per heavy atom. The molecule has 1 fully saturated rings. The van der Waals surface area contributed by atoms with Crippen molar-refractivity contribution in [3.8, 4) is 0 Å². The number of nitrogens with zero attached hydrogens (tertiary/aromatic N) is 4. The molecule has 0 spiro atoms. The topological polar surface area (TPSA) is 88.2 Å². The van der Waals surface area contributed by atoms with Crippen molar-refractivity contribution >= 4 is 53.9 Å². The van der Waals surface area contributed by atoms with Gasteiger partial charge in [0.1, 0.15) is 6.54 Å². The fourth-order valence-corrected chi connectivity index (χ4v) is 4.85. The van der Waals surface area contributed by atoms with Crippen LogP contribution in [0.25, 0.3) is 0 Å². The third-order valence-electron chi connectivity index (χ3n) is 7.12. The molecule has 2 aliphatic heterocycles. The minimum Gasteiger partial charge on any atom is -0.376 e. The number of carbonyl (C=O) groups excluding carboxylic acids is 3. The molecule has 4 rings (SSSR count). The summed E-state index contributed by atoms with van der Waals surface area (Å²) in [6.07, 6.45) is 1.47. The molecule has 2 aromatic rings. The number of rotatable bonds is 11. The predicted octanol–water partition coefficient (Wildman–Crippen LogP) is 3.20. The number of amides is 3. The third-order valence-corrected chi connectivity index (χ3v) is 7.12. The van der Waals surface area contributed by atoms with Gasteiger partial charge in [-0.15, -0.1) is 24.8 Å². The molecule has 0 unspecified atom stereocenters. The molecule has 2 heterocycles. The second kappa shape index (κ2) is 15.1. The van der Waals surface area contributed by atoms with E-state index in [1.807, 2.05) is 54.1 Å². The van der Waals surface area contributed by atoms with E-state index in [0.717, 1.165) is 36.4 Å². The largest absolute Gasteiger partial charge is 0.376 e. The molecule has 1 saturated heterocycles. The molecule has 2 aromatic carbocycles. The SMILES string of the molecule is CCNCCN(CC(=O)N(C)N1Cc2ccccc2C1)C(=O)CNc1ccc(N2CCCC2=O)cc1C.Cl.Cl. The molecule has 0 radical (unpaired) electrons. The lowest BCUT2D eigenvalue weighted by atomic mass is 10.1. The summed E-state index contributed by atoms with van der Waals surface area (Å²) in [5, 5.41) is 10.1. The van der Waals surface area contributed by atoms with Gasteiger partial charge in [0.2, 0.25) is 11.8 Å². The molecule has 11 heteroatoms.